The van der Waals surface area contributed by atoms with E-state index in [9.17, 15) is 4.79 Å². The Bertz CT molecular complexity index is 505. The summed E-state index contributed by atoms with van der Waals surface area (Å²) in [4.78, 5) is 18.5. The molecule has 0 aromatic carbocycles. The summed E-state index contributed by atoms with van der Waals surface area (Å²) in [5.41, 5.74) is -0.120. The Morgan fingerprint density at radius 2 is 2.32 bits per heavy atom. The molecule has 0 radical (unpaired) electrons. The average Bonchev–Trinajstić information content (AvgIpc) is 2.46. The number of hydrogen-bond acceptors (Lipinski definition) is 4. The molecule has 1 amide bonds. The number of anilines is 1. The van der Waals surface area contributed by atoms with Gasteiger partial charge in [0.25, 0.3) is 0 Å². The van der Waals surface area contributed by atoms with Crippen molar-refractivity contribution in [2.24, 2.45) is 0 Å². The predicted octanol–water partition coefficient (Wildman–Crippen LogP) is 2.95. The van der Waals surface area contributed by atoms with Crippen molar-refractivity contribution in [1.82, 2.24) is 9.88 Å². The number of carbonyl (C=O) groups is 1. The Labute approximate surface area is 137 Å². The first-order valence-corrected chi connectivity index (χ1v) is 8.07. The van der Waals surface area contributed by atoms with Crippen LogP contribution in [0.4, 0.5) is 5.82 Å². The van der Waals surface area contributed by atoms with Crippen molar-refractivity contribution >= 4 is 23.3 Å². The molecule has 1 N–H and O–H groups in total. The molecule has 122 valence electrons. The van der Waals surface area contributed by atoms with Crippen molar-refractivity contribution in [3.63, 3.8) is 0 Å². The van der Waals surface area contributed by atoms with Crippen molar-refractivity contribution in [2.45, 2.75) is 45.3 Å². The highest BCUT2D eigenvalue weighted by Gasteiger charge is 2.32. The standard InChI is InChI=1S/C16H24ClN3O2/c1-4-20(13-7-8-22-16(2,3)9-13)11-15(21)19-14-6-5-12(17)10-18-14/h5-6,10,13H,4,7-9,11H2,1-3H3,(H,18,19,21)/t13-/m0/s1. The summed E-state index contributed by atoms with van der Waals surface area (Å²) in [5, 5.41) is 3.37. The molecule has 2 rings (SSSR count). The largest absolute Gasteiger partial charge is 0.375 e. The average molecular weight is 326 g/mol. The molecule has 1 fully saturated rings. The van der Waals surface area contributed by atoms with E-state index in [4.69, 9.17) is 16.3 Å². The molecule has 0 unspecified atom stereocenters. The molecule has 1 aliphatic heterocycles. The van der Waals surface area contributed by atoms with E-state index in [0.717, 1.165) is 26.0 Å². The summed E-state index contributed by atoms with van der Waals surface area (Å²) >= 11 is 5.79. The number of halogens is 1. The highest BCUT2D eigenvalue weighted by Crippen LogP contribution is 2.27. The van der Waals surface area contributed by atoms with Crippen LogP contribution in [0.5, 0.6) is 0 Å². The van der Waals surface area contributed by atoms with Gasteiger partial charge in [0.15, 0.2) is 0 Å². The van der Waals surface area contributed by atoms with Crippen LogP contribution >= 0.6 is 11.6 Å². The lowest BCUT2D eigenvalue weighted by molar-refractivity contribution is -0.120. The normalized spacial score (nSPS) is 20.9. The number of likely N-dealkylation sites (N-methyl/N-ethyl adjacent to an activating group) is 1. The van der Waals surface area contributed by atoms with Crippen molar-refractivity contribution in [1.29, 1.82) is 0 Å². The monoisotopic (exact) mass is 325 g/mol. The van der Waals surface area contributed by atoms with E-state index in [2.05, 4.69) is 36.0 Å². The van der Waals surface area contributed by atoms with Crippen molar-refractivity contribution in [2.75, 3.05) is 25.0 Å². The summed E-state index contributed by atoms with van der Waals surface area (Å²) in [5.74, 6) is 0.471. The zero-order valence-electron chi connectivity index (χ0n) is 13.4. The Balaban J connectivity index is 1.91. The minimum atomic E-state index is -0.120. The maximum atomic E-state index is 12.2. The molecular weight excluding hydrogens is 302 g/mol. The van der Waals surface area contributed by atoms with Crippen LogP contribution in [0.1, 0.15) is 33.6 Å². The van der Waals surface area contributed by atoms with Gasteiger partial charge in [0.05, 0.1) is 17.2 Å². The third kappa shape index (κ3) is 4.93. The van der Waals surface area contributed by atoms with Gasteiger partial charge < -0.3 is 10.1 Å². The number of ether oxygens (including phenoxy) is 1. The fourth-order valence-electron chi connectivity index (χ4n) is 2.83. The number of hydrogen-bond donors (Lipinski definition) is 1. The van der Waals surface area contributed by atoms with Gasteiger partial charge in [-0.05, 0) is 45.4 Å². The summed E-state index contributed by atoms with van der Waals surface area (Å²) in [6.07, 6.45) is 3.42. The third-order valence-corrected chi connectivity index (χ3v) is 4.16. The van der Waals surface area contributed by atoms with Gasteiger partial charge in [0.2, 0.25) is 5.91 Å². The third-order valence-electron chi connectivity index (χ3n) is 3.94. The van der Waals surface area contributed by atoms with Gasteiger partial charge in [-0.3, -0.25) is 9.69 Å². The molecule has 0 spiro atoms. The van der Waals surface area contributed by atoms with Crippen LogP contribution in [-0.4, -0.2) is 47.1 Å². The zero-order chi connectivity index (χ0) is 16.2. The van der Waals surface area contributed by atoms with Gasteiger partial charge in [-0.15, -0.1) is 0 Å². The number of aromatic nitrogens is 1. The quantitative estimate of drug-likeness (QED) is 0.904. The molecule has 0 bridgehead atoms. The lowest BCUT2D eigenvalue weighted by Crippen LogP contribution is -2.48. The summed E-state index contributed by atoms with van der Waals surface area (Å²) in [7, 11) is 0. The van der Waals surface area contributed by atoms with E-state index < -0.39 is 0 Å². The number of rotatable bonds is 5. The van der Waals surface area contributed by atoms with E-state index in [-0.39, 0.29) is 11.5 Å². The summed E-state index contributed by atoms with van der Waals surface area (Å²) in [6, 6.07) is 3.79. The summed E-state index contributed by atoms with van der Waals surface area (Å²) < 4.78 is 5.75. The zero-order valence-corrected chi connectivity index (χ0v) is 14.2. The number of carbonyl (C=O) groups excluding carboxylic acids is 1. The Hall–Kier alpha value is -1.17. The van der Waals surface area contributed by atoms with Crippen LogP contribution in [0.2, 0.25) is 5.02 Å². The molecule has 1 aromatic heterocycles. The van der Waals surface area contributed by atoms with Gasteiger partial charge in [-0.1, -0.05) is 18.5 Å². The van der Waals surface area contributed by atoms with Crippen LogP contribution in [0.15, 0.2) is 18.3 Å². The van der Waals surface area contributed by atoms with Crippen molar-refractivity contribution in [3.05, 3.63) is 23.4 Å². The number of pyridine rings is 1. The molecule has 1 saturated heterocycles. The van der Waals surface area contributed by atoms with Crippen molar-refractivity contribution in [3.8, 4) is 0 Å². The Morgan fingerprint density at radius 1 is 1.55 bits per heavy atom. The molecule has 0 aliphatic carbocycles. The van der Waals surface area contributed by atoms with Crippen LogP contribution in [0.25, 0.3) is 0 Å². The lowest BCUT2D eigenvalue weighted by atomic mass is 9.93. The smallest absolute Gasteiger partial charge is 0.239 e. The van der Waals surface area contributed by atoms with E-state index in [1.165, 1.54) is 6.20 Å². The van der Waals surface area contributed by atoms with Gasteiger partial charge in [0.1, 0.15) is 5.82 Å². The first kappa shape index (κ1) is 17.2. The van der Waals surface area contributed by atoms with Crippen LogP contribution < -0.4 is 5.32 Å². The SMILES string of the molecule is CCN(CC(=O)Nc1ccc(Cl)cn1)[C@H]1CCOC(C)(C)C1. The first-order chi connectivity index (χ1) is 10.4. The lowest BCUT2D eigenvalue weighted by Gasteiger charge is -2.40. The second kappa shape index (κ2) is 7.40. The molecule has 0 saturated carbocycles. The molecule has 22 heavy (non-hydrogen) atoms. The molecule has 2 heterocycles. The maximum absolute atomic E-state index is 12.2. The minimum Gasteiger partial charge on any atom is -0.375 e. The van der Waals surface area contributed by atoms with Gasteiger partial charge >= 0.3 is 0 Å². The fraction of sp³-hybridized carbons (Fsp3) is 0.625. The second-order valence-corrected chi connectivity index (χ2v) is 6.66. The van der Waals surface area contributed by atoms with Gasteiger partial charge in [-0.2, -0.15) is 0 Å². The van der Waals surface area contributed by atoms with Crippen LogP contribution in [0, 0.1) is 0 Å². The molecule has 5 nitrogen and oxygen atoms in total. The van der Waals surface area contributed by atoms with E-state index in [0.29, 0.717) is 23.4 Å². The highest BCUT2D eigenvalue weighted by atomic mass is 35.5. The topological polar surface area (TPSA) is 54.5 Å². The molecule has 1 aromatic rings. The number of nitrogens with zero attached hydrogens (tertiary/aromatic N) is 2. The van der Waals surface area contributed by atoms with Crippen molar-refractivity contribution < 1.29 is 9.53 Å². The number of nitrogens with one attached hydrogen (secondary N) is 1. The highest BCUT2D eigenvalue weighted by molar-refractivity contribution is 6.30. The predicted molar refractivity (Wildman–Crippen MR) is 88.2 cm³/mol. The van der Waals surface area contributed by atoms with Crippen LogP contribution in [0.3, 0.4) is 0 Å². The van der Waals surface area contributed by atoms with E-state index in [1.54, 1.807) is 12.1 Å². The molecule has 6 heteroatoms. The Morgan fingerprint density at radius 3 is 2.91 bits per heavy atom. The Kier molecular flexibility index (Phi) is 5.78. The molecule has 1 atom stereocenters. The number of amides is 1. The molecule has 1 aliphatic rings. The minimum absolute atomic E-state index is 0.0547. The first-order valence-electron chi connectivity index (χ1n) is 7.69. The van der Waals surface area contributed by atoms with E-state index >= 15 is 0 Å². The maximum Gasteiger partial charge on any atom is 0.239 e. The second-order valence-electron chi connectivity index (χ2n) is 6.23. The van der Waals surface area contributed by atoms with Crippen LogP contribution in [-0.2, 0) is 9.53 Å². The van der Waals surface area contributed by atoms with Gasteiger partial charge in [-0.25, -0.2) is 4.98 Å². The summed E-state index contributed by atoms with van der Waals surface area (Å²) in [6.45, 7) is 8.23. The fourth-order valence-corrected chi connectivity index (χ4v) is 2.94. The van der Waals surface area contributed by atoms with Gasteiger partial charge in [0, 0.05) is 18.8 Å². The van der Waals surface area contributed by atoms with E-state index in [1.807, 2.05) is 0 Å². The molecular formula is C16H24ClN3O2.